The molecule has 3 heterocycles. The molecule has 2 aromatic heterocycles. The van der Waals surface area contributed by atoms with Crippen LogP contribution >= 0.6 is 11.6 Å². The van der Waals surface area contributed by atoms with Gasteiger partial charge in [0.2, 0.25) is 0 Å². The Hall–Kier alpha value is -3.27. The molecule has 1 aromatic carbocycles. The van der Waals surface area contributed by atoms with Crippen molar-refractivity contribution in [3.8, 4) is 23.0 Å². The summed E-state index contributed by atoms with van der Waals surface area (Å²) in [6, 6.07) is 9.64. The number of halogens is 4. The molecule has 0 amide bonds. The van der Waals surface area contributed by atoms with E-state index >= 15 is 0 Å². The highest BCUT2D eigenvalue weighted by molar-refractivity contribution is 6.32. The molecule has 0 N–H and O–H groups in total. The van der Waals surface area contributed by atoms with Crippen LogP contribution in [-0.4, -0.2) is 55.4 Å². The van der Waals surface area contributed by atoms with Crippen molar-refractivity contribution < 1.29 is 22.6 Å². The maximum atomic E-state index is 13.4. The normalized spacial score (nSPS) is 14.4. The number of alkyl halides is 3. The SMILES string of the molecule is COc1nc(-c2ccc(OC)c(Cl)c2)cc(N2CCN(c3ncccc3C(F)(F)F)CC2)n1. The average Bonchev–Trinajstić information content (AvgIpc) is 2.83. The van der Waals surface area contributed by atoms with Crippen LogP contribution in [0.5, 0.6) is 11.8 Å². The summed E-state index contributed by atoms with van der Waals surface area (Å²) in [6.07, 6.45) is -3.09. The van der Waals surface area contributed by atoms with Gasteiger partial charge < -0.3 is 19.3 Å². The van der Waals surface area contributed by atoms with Gasteiger partial charge >= 0.3 is 12.2 Å². The molecular formula is C22H21ClF3N5O2. The van der Waals surface area contributed by atoms with Gasteiger partial charge in [0.15, 0.2) is 0 Å². The predicted octanol–water partition coefficient (Wildman–Crippen LogP) is 4.55. The van der Waals surface area contributed by atoms with Gasteiger partial charge in [-0.05, 0) is 30.3 Å². The number of nitrogens with zero attached hydrogens (tertiary/aromatic N) is 5. The molecule has 4 rings (SSSR count). The zero-order chi connectivity index (χ0) is 23.6. The number of pyridine rings is 1. The minimum absolute atomic E-state index is 0.0570. The summed E-state index contributed by atoms with van der Waals surface area (Å²) >= 11 is 6.26. The number of aromatic nitrogens is 3. The topological polar surface area (TPSA) is 63.6 Å². The van der Waals surface area contributed by atoms with E-state index in [9.17, 15) is 13.2 Å². The summed E-state index contributed by atoms with van der Waals surface area (Å²) in [6.45, 7) is 1.62. The van der Waals surface area contributed by atoms with Gasteiger partial charge in [-0.1, -0.05) is 11.6 Å². The number of anilines is 2. The fraction of sp³-hybridized carbons (Fsp3) is 0.318. The first kappa shape index (κ1) is 22.9. The number of benzene rings is 1. The third-order valence-corrected chi connectivity index (χ3v) is 5.61. The Balaban J connectivity index is 1.57. The van der Waals surface area contributed by atoms with Crippen LogP contribution in [0, 0.1) is 0 Å². The Bertz CT molecular complexity index is 1140. The highest BCUT2D eigenvalue weighted by Crippen LogP contribution is 2.36. The summed E-state index contributed by atoms with van der Waals surface area (Å²) < 4.78 is 50.6. The summed E-state index contributed by atoms with van der Waals surface area (Å²) in [5.74, 6) is 1.10. The number of piperazine rings is 1. The molecular weight excluding hydrogens is 459 g/mol. The van der Waals surface area contributed by atoms with Gasteiger partial charge in [0.1, 0.15) is 17.4 Å². The summed E-state index contributed by atoms with van der Waals surface area (Å²) in [7, 11) is 3.01. The molecule has 0 bridgehead atoms. The minimum Gasteiger partial charge on any atom is -0.495 e. The first-order chi connectivity index (χ1) is 15.8. The van der Waals surface area contributed by atoms with Crippen LogP contribution in [0.1, 0.15) is 5.56 Å². The van der Waals surface area contributed by atoms with Crippen molar-refractivity contribution in [3.63, 3.8) is 0 Å². The van der Waals surface area contributed by atoms with E-state index in [-0.39, 0.29) is 11.8 Å². The van der Waals surface area contributed by atoms with E-state index in [1.807, 2.05) is 11.0 Å². The lowest BCUT2D eigenvalue weighted by atomic mass is 10.1. The maximum absolute atomic E-state index is 13.4. The van der Waals surface area contributed by atoms with Gasteiger partial charge in [-0.25, -0.2) is 4.98 Å². The number of hydrogen-bond donors (Lipinski definition) is 0. The minimum atomic E-state index is -4.46. The highest BCUT2D eigenvalue weighted by atomic mass is 35.5. The first-order valence-electron chi connectivity index (χ1n) is 10.1. The van der Waals surface area contributed by atoms with Crippen LogP contribution in [0.2, 0.25) is 5.02 Å². The molecule has 11 heteroatoms. The summed E-state index contributed by atoms with van der Waals surface area (Å²) in [5.41, 5.74) is 0.624. The van der Waals surface area contributed by atoms with E-state index in [1.54, 1.807) is 23.1 Å². The Kier molecular flexibility index (Phi) is 6.46. The number of ether oxygens (including phenoxy) is 2. The van der Waals surface area contributed by atoms with Crippen LogP contribution < -0.4 is 19.3 Å². The molecule has 33 heavy (non-hydrogen) atoms. The van der Waals surface area contributed by atoms with Crippen molar-refractivity contribution in [1.82, 2.24) is 15.0 Å². The second-order valence-electron chi connectivity index (χ2n) is 7.29. The molecule has 0 unspecified atom stereocenters. The number of methoxy groups -OCH3 is 2. The zero-order valence-corrected chi connectivity index (χ0v) is 18.7. The lowest BCUT2D eigenvalue weighted by Crippen LogP contribution is -2.47. The van der Waals surface area contributed by atoms with Crippen molar-refractivity contribution in [2.45, 2.75) is 6.18 Å². The summed E-state index contributed by atoms with van der Waals surface area (Å²) in [4.78, 5) is 16.5. The van der Waals surface area contributed by atoms with Crippen molar-refractivity contribution >= 4 is 23.2 Å². The molecule has 0 atom stereocenters. The maximum Gasteiger partial charge on any atom is 0.419 e. The van der Waals surface area contributed by atoms with Crippen molar-refractivity contribution in [2.24, 2.45) is 0 Å². The standard InChI is InChI=1S/C22H21ClF3N5O2/c1-32-18-6-5-14(12-16(18)23)17-13-19(29-21(28-17)33-2)30-8-10-31(11-9-30)20-15(22(24,25)26)4-3-7-27-20/h3-7,12-13H,8-11H2,1-2H3. The van der Waals surface area contributed by atoms with E-state index in [2.05, 4.69) is 15.0 Å². The monoisotopic (exact) mass is 479 g/mol. The smallest absolute Gasteiger partial charge is 0.419 e. The van der Waals surface area contributed by atoms with Crippen LogP contribution in [0.4, 0.5) is 24.8 Å². The van der Waals surface area contributed by atoms with Gasteiger partial charge in [0.25, 0.3) is 0 Å². The van der Waals surface area contributed by atoms with E-state index < -0.39 is 11.7 Å². The van der Waals surface area contributed by atoms with Gasteiger partial charge in [-0.3, -0.25) is 0 Å². The van der Waals surface area contributed by atoms with Crippen LogP contribution in [0.3, 0.4) is 0 Å². The van der Waals surface area contributed by atoms with Crippen LogP contribution in [-0.2, 0) is 6.18 Å². The third kappa shape index (κ3) is 4.90. The quantitative estimate of drug-likeness (QED) is 0.531. The molecule has 1 saturated heterocycles. The predicted molar refractivity (Wildman–Crippen MR) is 119 cm³/mol. The van der Waals surface area contributed by atoms with Crippen LogP contribution in [0.25, 0.3) is 11.3 Å². The van der Waals surface area contributed by atoms with Crippen LogP contribution in [0.15, 0.2) is 42.6 Å². The molecule has 0 aliphatic carbocycles. The largest absolute Gasteiger partial charge is 0.495 e. The van der Waals surface area contributed by atoms with E-state index in [0.29, 0.717) is 48.5 Å². The fourth-order valence-corrected chi connectivity index (χ4v) is 3.92. The number of rotatable bonds is 5. The molecule has 7 nitrogen and oxygen atoms in total. The molecule has 1 aliphatic heterocycles. The van der Waals surface area contributed by atoms with E-state index in [4.69, 9.17) is 21.1 Å². The van der Waals surface area contributed by atoms with Crippen molar-refractivity contribution in [3.05, 3.63) is 53.2 Å². The average molecular weight is 480 g/mol. The first-order valence-corrected chi connectivity index (χ1v) is 10.5. The Morgan fingerprint density at radius 2 is 1.67 bits per heavy atom. The molecule has 0 radical (unpaired) electrons. The Morgan fingerprint density at radius 3 is 2.30 bits per heavy atom. The second kappa shape index (κ2) is 9.30. The Morgan fingerprint density at radius 1 is 0.939 bits per heavy atom. The fourth-order valence-electron chi connectivity index (χ4n) is 3.66. The Labute approximate surface area is 193 Å². The number of hydrogen-bond acceptors (Lipinski definition) is 7. The molecule has 0 spiro atoms. The molecule has 1 fully saturated rings. The molecule has 3 aromatic rings. The van der Waals surface area contributed by atoms with Gasteiger partial charge in [-0.15, -0.1) is 0 Å². The second-order valence-corrected chi connectivity index (χ2v) is 7.70. The molecule has 0 saturated carbocycles. The van der Waals surface area contributed by atoms with Crippen molar-refractivity contribution in [1.29, 1.82) is 0 Å². The highest BCUT2D eigenvalue weighted by Gasteiger charge is 2.36. The van der Waals surface area contributed by atoms with Gasteiger partial charge in [0, 0.05) is 44.0 Å². The van der Waals surface area contributed by atoms with E-state index in [1.165, 1.54) is 26.5 Å². The van der Waals surface area contributed by atoms with Gasteiger partial charge in [0.05, 0.1) is 30.5 Å². The van der Waals surface area contributed by atoms with E-state index in [0.717, 1.165) is 11.6 Å². The van der Waals surface area contributed by atoms with Gasteiger partial charge in [-0.2, -0.15) is 23.1 Å². The summed E-state index contributed by atoms with van der Waals surface area (Å²) in [5, 5.41) is 0.443. The zero-order valence-electron chi connectivity index (χ0n) is 17.9. The lowest BCUT2D eigenvalue weighted by molar-refractivity contribution is -0.137. The lowest BCUT2D eigenvalue weighted by Gasteiger charge is -2.37. The third-order valence-electron chi connectivity index (χ3n) is 5.32. The molecule has 174 valence electrons. The molecule has 1 aliphatic rings. The van der Waals surface area contributed by atoms with Crippen molar-refractivity contribution in [2.75, 3.05) is 50.2 Å².